The SMILES string of the molecule is CCc1ccc(NC(=O)NCCn2c(-c3ccc(F)cc3)nc3cccnc32)cc1. The third kappa shape index (κ3) is 4.30. The van der Waals surface area contributed by atoms with E-state index in [1.807, 2.05) is 41.0 Å². The number of fused-ring (bicyclic) bond motifs is 1. The molecule has 0 radical (unpaired) electrons. The number of rotatable bonds is 6. The van der Waals surface area contributed by atoms with Gasteiger partial charge in [0.2, 0.25) is 0 Å². The van der Waals surface area contributed by atoms with Crippen molar-refractivity contribution in [1.82, 2.24) is 19.9 Å². The van der Waals surface area contributed by atoms with Crippen LogP contribution in [0.4, 0.5) is 14.9 Å². The van der Waals surface area contributed by atoms with E-state index in [1.165, 1.54) is 17.7 Å². The maximum atomic E-state index is 13.3. The molecule has 6 nitrogen and oxygen atoms in total. The number of carbonyl (C=O) groups excluding carboxylic acids is 1. The molecule has 4 aromatic rings. The summed E-state index contributed by atoms with van der Waals surface area (Å²) in [7, 11) is 0. The Morgan fingerprint density at radius 3 is 2.57 bits per heavy atom. The van der Waals surface area contributed by atoms with Crippen molar-refractivity contribution in [2.45, 2.75) is 19.9 Å². The molecule has 0 aliphatic rings. The van der Waals surface area contributed by atoms with Gasteiger partial charge in [-0.15, -0.1) is 0 Å². The zero-order chi connectivity index (χ0) is 20.9. The maximum absolute atomic E-state index is 13.3. The fraction of sp³-hybridized carbons (Fsp3) is 0.174. The van der Waals surface area contributed by atoms with E-state index in [1.54, 1.807) is 18.3 Å². The monoisotopic (exact) mass is 403 g/mol. The Kier molecular flexibility index (Phi) is 5.70. The van der Waals surface area contributed by atoms with Crippen molar-refractivity contribution in [3.05, 3.63) is 78.2 Å². The molecule has 4 rings (SSSR count). The van der Waals surface area contributed by atoms with Crippen LogP contribution in [0.25, 0.3) is 22.6 Å². The van der Waals surface area contributed by atoms with Gasteiger partial charge in [0, 0.05) is 30.5 Å². The Hall–Kier alpha value is -3.74. The molecule has 0 saturated carbocycles. The fourth-order valence-electron chi connectivity index (χ4n) is 3.27. The minimum absolute atomic E-state index is 0.278. The van der Waals surface area contributed by atoms with E-state index in [0.29, 0.717) is 24.6 Å². The third-order valence-corrected chi connectivity index (χ3v) is 4.85. The molecular formula is C23H22FN5O. The number of urea groups is 1. The molecule has 0 aliphatic heterocycles. The van der Waals surface area contributed by atoms with Gasteiger partial charge in [-0.05, 0) is 60.5 Å². The predicted octanol–water partition coefficient (Wildman–Crippen LogP) is 4.62. The zero-order valence-electron chi connectivity index (χ0n) is 16.6. The summed E-state index contributed by atoms with van der Waals surface area (Å²) in [5.74, 6) is 0.380. The summed E-state index contributed by atoms with van der Waals surface area (Å²) in [6.07, 6.45) is 2.66. The standard InChI is InChI=1S/C23H22FN5O/c1-2-16-5-11-19(12-6-16)27-23(30)26-14-15-29-21(17-7-9-18(24)10-8-17)28-20-4-3-13-25-22(20)29/h3-13H,2,14-15H2,1H3,(H2,26,27,30). The van der Waals surface area contributed by atoms with Crippen LogP contribution in [0.1, 0.15) is 12.5 Å². The molecule has 0 fully saturated rings. The number of carbonyl (C=O) groups is 1. The molecular weight excluding hydrogens is 381 g/mol. The molecule has 0 spiro atoms. The highest BCUT2D eigenvalue weighted by Crippen LogP contribution is 2.23. The van der Waals surface area contributed by atoms with E-state index in [-0.39, 0.29) is 11.8 Å². The third-order valence-electron chi connectivity index (χ3n) is 4.85. The number of nitrogens with zero attached hydrogens (tertiary/aromatic N) is 3. The first-order valence-corrected chi connectivity index (χ1v) is 9.85. The van der Waals surface area contributed by atoms with Crippen molar-refractivity contribution >= 4 is 22.9 Å². The van der Waals surface area contributed by atoms with Crippen molar-refractivity contribution in [1.29, 1.82) is 0 Å². The van der Waals surface area contributed by atoms with Crippen LogP contribution < -0.4 is 10.6 Å². The molecule has 30 heavy (non-hydrogen) atoms. The van der Waals surface area contributed by atoms with E-state index in [0.717, 1.165) is 23.2 Å². The number of halogens is 1. The van der Waals surface area contributed by atoms with Gasteiger partial charge in [0.05, 0.1) is 0 Å². The lowest BCUT2D eigenvalue weighted by Gasteiger charge is -2.11. The molecule has 0 bridgehead atoms. The quantitative estimate of drug-likeness (QED) is 0.493. The number of hydrogen-bond acceptors (Lipinski definition) is 3. The van der Waals surface area contributed by atoms with Crippen LogP contribution in [0.15, 0.2) is 66.9 Å². The van der Waals surface area contributed by atoms with Gasteiger partial charge in [-0.1, -0.05) is 19.1 Å². The smallest absolute Gasteiger partial charge is 0.319 e. The molecule has 2 amide bonds. The van der Waals surface area contributed by atoms with Gasteiger partial charge >= 0.3 is 6.03 Å². The number of pyridine rings is 1. The first kappa shape index (κ1) is 19.6. The average molecular weight is 403 g/mol. The van der Waals surface area contributed by atoms with Crippen LogP contribution in [0.5, 0.6) is 0 Å². The van der Waals surface area contributed by atoms with E-state index < -0.39 is 0 Å². The van der Waals surface area contributed by atoms with Crippen molar-refractivity contribution < 1.29 is 9.18 Å². The average Bonchev–Trinajstić information content (AvgIpc) is 3.13. The van der Waals surface area contributed by atoms with Gasteiger partial charge in [0.25, 0.3) is 0 Å². The van der Waals surface area contributed by atoms with Crippen LogP contribution in [0, 0.1) is 5.82 Å². The number of hydrogen-bond donors (Lipinski definition) is 2. The molecule has 0 atom stereocenters. The molecule has 2 N–H and O–H groups in total. The van der Waals surface area contributed by atoms with Gasteiger partial charge in [-0.3, -0.25) is 0 Å². The van der Waals surface area contributed by atoms with E-state index in [2.05, 4.69) is 27.5 Å². The molecule has 0 saturated heterocycles. The Labute approximate surface area is 173 Å². The highest BCUT2D eigenvalue weighted by atomic mass is 19.1. The van der Waals surface area contributed by atoms with Crippen molar-refractivity contribution in [2.24, 2.45) is 0 Å². The normalized spacial score (nSPS) is 10.9. The van der Waals surface area contributed by atoms with Crippen LogP contribution in [-0.4, -0.2) is 27.1 Å². The zero-order valence-corrected chi connectivity index (χ0v) is 16.6. The molecule has 2 aromatic carbocycles. The first-order chi connectivity index (χ1) is 14.6. The molecule has 7 heteroatoms. The Bertz CT molecular complexity index is 1150. The van der Waals surface area contributed by atoms with Gasteiger partial charge in [0.15, 0.2) is 5.65 Å². The number of imidazole rings is 1. The second kappa shape index (κ2) is 8.73. The summed E-state index contributed by atoms with van der Waals surface area (Å²) in [4.78, 5) is 21.3. The summed E-state index contributed by atoms with van der Waals surface area (Å²) < 4.78 is 15.3. The topological polar surface area (TPSA) is 71.8 Å². The number of anilines is 1. The summed E-state index contributed by atoms with van der Waals surface area (Å²) in [5, 5.41) is 5.69. The van der Waals surface area contributed by atoms with Gasteiger partial charge in [-0.2, -0.15) is 0 Å². The summed E-state index contributed by atoms with van der Waals surface area (Å²) in [6.45, 7) is 2.95. The van der Waals surface area contributed by atoms with Crippen LogP contribution in [0.3, 0.4) is 0 Å². The molecule has 0 unspecified atom stereocenters. The second-order valence-electron chi connectivity index (χ2n) is 6.87. The minimum atomic E-state index is -0.301. The van der Waals surface area contributed by atoms with Gasteiger partial charge < -0.3 is 15.2 Å². The van der Waals surface area contributed by atoms with E-state index in [4.69, 9.17) is 0 Å². The number of aryl methyl sites for hydroxylation is 1. The number of benzene rings is 2. The molecule has 152 valence electrons. The highest BCUT2D eigenvalue weighted by molar-refractivity contribution is 5.89. The molecule has 2 heterocycles. The minimum Gasteiger partial charge on any atom is -0.336 e. The Morgan fingerprint density at radius 2 is 1.83 bits per heavy atom. The molecule has 2 aromatic heterocycles. The first-order valence-electron chi connectivity index (χ1n) is 9.85. The van der Waals surface area contributed by atoms with E-state index in [9.17, 15) is 9.18 Å². The van der Waals surface area contributed by atoms with E-state index >= 15 is 0 Å². The summed E-state index contributed by atoms with van der Waals surface area (Å²) in [5.41, 5.74) is 4.21. The summed E-state index contributed by atoms with van der Waals surface area (Å²) in [6, 6.07) is 17.4. The Balaban J connectivity index is 1.47. The van der Waals surface area contributed by atoms with Crippen molar-refractivity contribution in [3.8, 4) is 11.4 Å². The lowest BCUT2D eigenvalue weighted by Crippen LogP contribution is -2.31. The molecule has 0 aliphatic carbocycles. The lowest BCUT2D eigenvalue weighted by molar-refractivity contribution is 0.251. The maximum Gasteiger partial charge on any atom is 0.319 e. The van der Waals surface area contributed by atoms with Crippen LogP contribution >= 0.6 is 0 Å². The van der Waals surface area contributed by atoms with Gasteiger partial charge in [-0.25, -0.2) is 19.2 Å². The van der Waals surface area contributed by atoms with Gasteiger partial charge in [0.1, 0.15) is 17.2 Å². The predicted molar refractivity (Wildman–Crippen MR) is 116 cm³/mol. The second-order valence-corrected chi connectivity index (χ2v) is 6.87. The van der Waals surface area contributed by atoms with Crippen LogP contribution in [-0.2, 0) is 13.0 Å². The van der Waals surface area contributed by atoms with Crippen molar-refractivity contribution in [2.75, 3.05) is 11.9 Å². The van der Waals surface area contributed by atoms with Crippen LogP contribution in [0.2, 0.25) is 0 Å². The van der Waals surface area contributed by atoms with Crippen molar-refractivity contribution in [3.63, 3.8) is 0 Å². The fourth-order valence-corrected chi connectivity index (χ4v) is 3.27. The number of aromatic nitrogens is 3. The number of amides is 2. The highest BCUT2D eigenvalue weighted by Gasteiger charge is 2.13. The number of nitrogens with one attached hydrogen (secondary N) is 2. The Morgan fingerprint density at radius 1 is 1.07 bits per heavy atom. The largest absolute Gasteiger partial charge is 0.336 e. The summed E-state index contributed by atoms with van der Waals surface area (Å²) >= 11 is 0. The lowest BCUT2D eigenvalue weighted by atomic mass is 10.1.